The zero-order chi connectivity index (χ0) is 18.4. The minimum absolute atomic E-state index is 0.134. The zero-order valence-corrected chi connectivity index (χ0v) is 15.0. The van der Waals surface area contributed by atoms with Gasteiger partial charge in [-0.3, -0.25) is 14.6 Å². The van der Waals surface area contributed by atoms with Gasteiger partial charge in [0.2, 0.25) is 5.95 Å². The lowest BCUT2D eigenvalue weighted by Crippen LogP contribution is -2.39. The summed E-state index contributed by atoms with van der Waals surface area (Å²) in [5.41, 5.74) is 2.16. The number of aromatic amines is 1. The molecule has 3 aromatic rings. The molecule has 7 heteroatoms. The van der Waals surface area contributed by atoms with Gasteiger partial charge in [0, 0.05) is 37.0 Å². The highest BCUT2D eigenvalue weighted by atomic mass is 16.3. The Morgan fingerprint density at radius 3 is 2.92 bits per heavy atom. The van der Waals surface area contributed by atoms with Crippen LogP contribution >= 0.6 is 0 Å². The SMILES string of the molecule is Cc1cccc2coc(C(=O)N3CCc4c(nc(N(C)C)[nH]c4=O)C3)c12. The molecule has 0 fully saturated rings. The number of hydrogen-bond donors (Lipinski definition) is 1. The predicted molar refractivity (Wildman–Crippen MR) is 98.6 cm³/mol. The molecular weight excluding hydrogens is 332 g/mol. The molecule has 1 amide bonds. The van der Waals surface area contributed by atoms with E-state index in [2.05, 4.69) is 9.97 Å². The zero-order valence-electron chi connectivity index (χ0n) is 15.0. The third-order valence-corrected chi connectivity index (χ3v) is 4.80. The van der Waals surface area contributed by atoms with E-state index in [1.165, 1.54) is 0 Å². The van der Waals surface area contributed by atoms with Crippen molar-refractivity contribution in [1.82, 2.24) is 14.9 Å². The van der Waals surface area contributed by atoms with Crippen molar-refractivity contribution < 1.29 is 9.21 Å². The number of anilines is 1. The predicted octanol–water partition coefficient (Wildman–Crippen LogP) is 2.09. The number of hydrogen-bond acceptors (Lipinski definition) is 5. The average Bonchev–Trinajstić information content (AvgIpc) is 3.06. The number of H-pyrrole nitrogens is 1. The van der Waals surface area contributed by atoms with Gasteiger partial charge in [0.05, 0.1) is 18.5 Å². The lowest BCUT2D eigenvalue weighted by Gasteiger charge is -2.27. The summed E-state index contributed by atoms with van der Waals surface area (Å²) in [5.74, 6) is 0.662. The third-order valence-electron chi connectivity index (χ3n) is 4.80. The summed E-state index contributed by atoms with van der Waals surface area (Å²) >= 11 is 0. The molecule has 0 bridgehead atoms. The number of carbonyl (C=O) groups excluding carboxylic acids is 1. The summed E-state index contributed by atoms with van der Waals surface area (Å²) < 4.78 is 5.60. The monoisotopic (exact) mass is 352 g/mol. The minimum atomic E-state index is -0.173. The Bertz CT molecular complexity index is 1060. The summed E-state index contributed by atoms with van der Waals surface area (Å²) in [4.78, 5) is 36.0. The van der Waals surface area contributed by atoms with Crippen LogP contribution in [0.1, 0.15) is 27.4 Å². The topological polar surface area (TPSA) is 82.4 Å². The third kappa shape index (κ3) is 2.56. The number of aromatic nitrogens is 2. The Morgan fingerprint density at radius 1 is 1.35 bits per heavy atom. The van der Waals surface area contributed by atoms with E-state index in [9.17, 15) is 9.59 Å². The fourth-order valence-corrected chi connectivity index (χ4v) is 3.39. The molecule has 134 valence electrons. The molecule has 0 saturated carbocycles. The number of fused-ring (bicyclic) bond motifs is 2. The number of furan rings is 1. The summed E-state index contributed by atoms with van der Waals surface area (Å²) in [6.45, 7) is 2.73. The molecule has 0 spiro atoms. The van der Waals surface area contributed by atoms with E-state index in [0.29, 0.717) is 42.5 Å². The lowest BCUT2D eigenvalue weighted by molar-refractivity contribution is 0.0701. The van der Waals surface area contributed by atoms with Crippen LogP contribution in [0.3, 0.4) is 0 Å². The Kier molecular flexibility index (Phi) is 3.79. The number of carbonyl (C=O) groups is 1. The van der Waals surface area contributed by atoms with Gasteiger partial charge in [0.1, 0.15) is 0 Å². The number of amides is 1. The first-order valence-electron chi connectivity index (χ1n) is 8.51. The van der Waals surface area contributed by atoms with Gasteiger partial charge in [-0.25, -0.2) is 4.98 Å². The first kappa shape index (κ1) is 16.4. The van der Waals surface area contributed by atoms with Gasteiger partial charge < -0.3 is 14.2 Å². The molecule has 2 aromatic heterocycles. The molecule has 0 atom stereocenters. The highest BCUT2D eigenvalue weighted by molar-refractivity contribution is 6.06. The van der Waals surface area contributed by atoms with Crippen molar-refractivity contribution in [3.63, 3.8) is 0 Å². The lowest BCUT2D eigenvalue weighted by atomic mass is 10.0. The van der Waals surface area contributed by atoms with Gasteiger partial charge in [-0.1, -0.05) is 18.2 Å². The molecule has 1 aliphatic rings. The quantitative estimate of drug-likeness (QED) is 0.764. The summed E-state index contributed by atoms with van der Waals surface area (Å²) in [5, 5.41) is 1.76. The summed E-state index contributed by atoms with van der Waals surface area (Å²) in [6.07, 6.45) is 2.09. The average molecular weight is 352 g/mol. The van der Waals surface area contributed by atoms with E-state index in [1.807, 2.05) is 39.2 Å². The molecule has 0 radical (unpaired) electrons. The summed E-state index contributed by atoms with van der Waals surface area (Å²) in [7, 11) is 3.63. The maximum absolute atomic E-state index is 13.0. The second-order valence-corrected chi connectivity index (χ2v) is 6.79. The maximum Gasteiger partial charge on any atom is 0.290 e. The van der Waals surface area contributed by atoms with Crippen LogP contribution in [0.25, 0.3) is 10.8 Å². The molecule has 0 unspecified atom stereocenters. The van der Waals surface area contributed by atoms with Crippen molar-refractivity contribution in [2.24, 2.45) is 0 Å². The van der Waals surface area contributed by atoms with E-state index in [-0.39, 0.29) is 11.5 Å². The molecule has 0 saturated heterocycles. The van der Waals surface area contributed by atoms with Crippen LogP contribution in [0.2, 0.25) is 0 Å². The van der Waals surface area contributed by atoms with Crippen LogP contribution in [0, 0.1) is 6.92 Å². The Balaban J connectivity index is 1.70. The molecule has 7 nitrogen and oxygen atoms in total. The van der Waals surface area contributed by atoms with Crippen LogP contribution in [0.5, 0.6) is 0 Å². The number of aryl methyl sites for hydroxylation is 1. The second kappa shape index (κ2) is 6.01. The largest absolute Gasteiger partial charge is 0.458 e. The van der Waals surface area contributed by atoms with Gasteiger partial charge in [0.15, 0.2) is 5.76 Å². The fraction of sp³-hybridized carbons (Fsp3) is 0.316. The van der Waals surface area contributed by atoms with Gasteiger partial charge >= 0.3 is 0 Å². The van der Waals surface area contributed by atoms with E-state index < -0.39 is 0 Å². The van der Waals surface area contributed by atoms with Crippen LogP contribution < -0.4 is 10.5 Å². The Hall–Kier alpha value is -3.09. The first-order chi connectivity index (χ1) is 12.5. The molecular formula is C19H20N4O3. The van der Waals surface area contributed by atoms with Gasteiger partial charge in [-0.2, -0.15) is 0 Å². The van der Waals surface area contributed by atoms with Crippen LogP contribution in [-0.2, 0) is 13.0 Å². The molecule has 4 rings (SSSR count). The summed E-state index contributed by atoms with van der Waals surface area (Å²) in [6, 6.07) is 5.83. The maximum atomic E-state index is 13.0. The molecule has 0 aliphatic carbocycles. The van der Waals surface area contributed by atoms with E-state index in [1.54, 1.807) is 16.1 Å². The van der Waals surface area contributed by atoms with Gasteiger partial charge in [-0.05, 0) is 18.9 Å². The number of rotatable bonds is 2. The standard InChI is InChI=1S/C19H20N4O3/c1-11-5-4-6-12-10-26-16(15(11)12)18(25)23-8-7-13-14(9-23)20-19(22(2)3)21-17(13)24/h4-6,10H,7-9H2,1-3H3,(H,20,21,24). The molecule has 26 heavy (non-hydrogen) atoms. The van der Waals surface area contributed by atoms with Crippen LogP contribution in [0.4, 0.5) is 5.95 Å². The number of benzene rings is 1. The van der Waals surface area contributed by atoms with Crippen molar-refractivity contribution in [2.45, 2.75) is 19.9 Å². The van der Waals surface area contributed by atoms with E-state index in [0.717, 1.165) is 16.3 Å². The van der Waals surface area contributed by atoms with Crippen molar-refractivity contribution in [3.8, 4) is 0 Å². The Labute approximate surface area is 150 Å². The molecule has 3 heterocycles. The minimum Gasteiger partial charge on any atom is -0.458 e. The van der Waals surface area contributed by atoms with Crippen molar-refractivity contribution >= 4 is 22.6 Å². The van der Waals surface area contributed by atoms with Crippen LogP contribution in [-0.4, -0.2) is 41.4 Å². The smallest absolute Gasteiger partial charge is 0.290 e. The van der Waals surface area contributed by atoms with Gasteiger partial charge in [0.25, 0.3) is 11.5 Å². The van der Waals surface area contributed by atoms with Crippen LogP contribution in [0.15, 0.2) is 33.7 Å². The van der Waals surface area contributed by atoms with Crippen molar-refractivity contribution in [1.29, 1.82) is 0 Å². The Morgan fingerprint density at radius 2 is 2.15 bits per heavy atom. The number of nitrogens with one attached hydrogen (secondary N) is 1. The second-order valence-electron chi connectivity index (χ2n) is 6.79. The normalized spacial score (nSPS) is 13.7. The van der Waals surface area contributed by atoms with Crippen molar-refractivity contribution in [2.75, 3.05) is 25.5 Å². The number of nitrogens with zero attached hydrogens (tertiary/aromatic N) is 3. The fourth-order valence-electron chi connectivity index (χ4n) is 3.39. The highest BCUT2D eigenvalue weighted by Crippen LogP contribution is 2.27. The van der Waals surface area contributed by atoms with E-state index >= 15 is 0 Å². The van der Waals surface area contributed by atoms with E-state index in [4.69, 9.17) is 4.42 Å². The van der Waals surface area contributed by atoms with Crippen molar-refractivity contribution in [3.05, 3.63) is 57.4 Å². The van der Waals surface area contributed by atoms with Gasteiger partial charge in [-0.15, -0.1) is 0 Å². The molecule has 1 aromatic carbocycles. The molecule has 1 aliphatic heterocycles. The molecule has 1 N–H and O–H groups in total. The highest BCUT2D eigenvalue weighted by Gasteiger charge is 2.28. The first-order valence-corrected chi connectivity index (χ1v) is 8.51.